The van der Waals surface area contributed by atoms with Crippen molar-refractivity contribution in [2.24, 2.45) is 5.92 Å². The zero-order valence-electron chi connectivity index (χ0n) is 9.23. The van der Waals surface area contributed by atoms with Gasteiger partial charge in [0.2, 0.25) is 11.5 Å². The van der Waals surface area contributed by atoms with Crippen molar-refractivity contribution in [2.75, 3.05) is 6.61 Å². The molecule has 1 N–H and O–H groups in total. The van der Waals surface area contributed by atoms with Gasteiger partial charge in [0.15, 0.2) is 0 Å². The van der Waals surface area contributed by atoms with Gasteiger partial charge in [-0.25, -0.2) is 9.59 Å². The number of carboxylic acid groups (broad SMARTS) is 1. The largest absolute Gasteiger partial charge is 0.475 e. The number of hydrogen-bond donors (Lipinski definition) is 1. The Hall–Kier alpha value is -1.78. The van der Waals surface area contributed by atoms with Crippen molar-refractivity contribution in [2.45, 2.75) is 20.3 Å². The van der Waals surface area contributed by atoms with Crippen LogP contribution in [0, 0.1) is 5.92 Å². The molecule has 0 aliphatic carbocycles. The molecule has 0 amide bonds. The van der Waals surface area contributed by atoms with Crippen LogP contribution in [0.15, 0.2) is 16.5 Å². The van der Waals surface area contributed by atoms with E-state index < -0.39 is 11.9 Å². The molecule has 1 aromatic heterocycles. The van der Waals surface area contributed by atoms with E-state index in [1.807, 2.05) is 13.8 Å². The fourth-order valence-electron chi connectivity index (χ4n) is 1.02. The second-order valence-corrected chi connectivity index (χ2v) is 3.79. The third-order valence-corrected chi connectivity index (χ3v) is 1.95. The molecule has 1 heterocycles. The summed E-state index contributed by atoms with van der Waals surface area (Å²) in [6.07, 6.45) is 0.762. The Morgan fingerprint density at radius 1 is 1.38 bits per heavy atom. The van der Waals surface area contributed by atoms with E-state index in [1.54, 1.807) is 0 Å². The SMILES string of the molecule is CC(C)CCOC(=O)c1ccc(C(=O)O)o1. The lowest BCUT2D eigenvalue weighted by molar-refractivity contribution is 0.0447. The summed E-state index contributed by atoms with van der Waals surface area (Å²) in [4.78, 5) is 21.8. The Morgan fingerprint density at radius 3 is 2.50 bits per heavy atom. The lowest BCUT2D eigenvalue weighted by Gasteiger charge is -2.04. The fourth-order valence-corrected chi connectivity index (χ4v) is 1.02. The van der Waals surface area contributed by atoms with E-state index in [2.05, 4.69) is 0 Å². The molecule has 0 unspecified atom stereocenters. The van der Waals surface area contributed by atoms with Crippen LogP contribution in [-0.2, 0) is 4.74 Å². The van der Waals surface area contributed by atoms with Crippen molar-refractivity contribution in [3.05, 3.63) is 23.7 Å². The highest BCUT2D eigenvalue weighted by Gasteiger charge is 2.15. The van der Waals surface area contributed by atoms with E-state index in [0.717, 1.165) is 6.42 Å². The van der Waals surface area contributed by atoms with Crippen molar-refractivity contribution < 1.29 is 23.8 Å². The Bertz CT molecular complexity index is 377. The smallest absolute Gasteiger partial charge is 0.374 e. The summed E-state index contributed by atoms with van der Waals surface area (Å²) in [5, 5.41) is 8.58. The number of ether oxygens (including phenoxy) is 1. The van der Waals surface area contributed by atoms with Crippen LogP contribution in [-0.4, -0.2) is 23.7 Å². The molecule has 1 aromatic rings. The molecule has 5 nitrogen and oxygen atoms in total. The first-order chi connectivity index (χ1) is 7.50. The fraction of sp³-hybridized carbons (Fsp3) is 0.455. The number of rotatable bonds is 5. The lowest BCUT2D eigenvalue weighted by atomic mass is 10.1. The number of carbonyl (C=O) groups excluding carboxylic acids is 1. The van der Waals surface area contributed by atoms with Gasteiger partial charge in [0.1, 0.15) is 0 Å². The Kier molecular flexibility index (Phi) is 4.10. The van der Waals surface area contributed by atoms with Gasteiger partial charge in [-0.05, 0) is 24.5 Å². The number of furan rings is 1. The van der Waals surface area contributed by atoms with E-state index in [9.17, 15) is 9.59 Å². The average molecular weight is 226 g/mol. The summed E-state index contributed by atoms with van der Waals surface area (Å²) in [5.41, 5.74) is 0. The molecule has 0 radical (unpaired) electrons. The minimum absolute atomic E-state index is 0.0823. The number of carbonyl (C=O) groups is 2. The summed E-state index contributed by atoms with van der Waals surface area (Å²) in [7, 11) is 0. The first-order valence-corrected chi connectivity index (χ1v) is 5.01. The van der Waals surface area contributed by atoms with Crippen molar-refractivity contribution in [3.8, 4) is 0 Å². The molecule has 5 heteroatoms. The molecule has 1 rings (SSSR count). The molecule has 88 valence electrons. The average Bonchev–Trinajstić information content (AvgIpc) is 2.65. The van der Waals surface area contributed by atoms with Gasteiger partial charge in [-0.15, -0.1) is 0 Å². The maximum atomic E-state index is 11.4. The molecule has 0 aliphatic rings. The maximum Gasteiger partial charge on any atom is 0.374 e. The number of hydrogen-bond acceptors (Lipinski definition) is 4. The van der Waals surface area contributed by atoms with Crippen LogP contribution in [0.1, 0.15) is 41.4 Å². The molecular weight excluding hydrogens is 212 g/mol. The van der Waals surface area contributed by atoms with Gasteiger partial charge in [0.25, 0.3) is 0 Å². The topological polar surface area (TPSA) is 76.7 Å². The van der Waals surface area contributed by atoms with E-state index in [-0.39, 0.29) is 11.5 Å². The van der Waals surface area contributed by atoms with Gasteiger partial charge in [-0.1, -0.05) is 13.8 Å². The van der Waals surface area contributed by atoms with Crippen LogP contribution in [0.2, 0.25) is 0 Å². The lowest BCUT2D eigenvalue weighted by Crippen LogP contribution is -2.07. The number of esters is 1. The first kappa shape index (κ1) is 12.3. The van der Waals surface area contributed by atoms with Gasteiger partial charge >= 0.3 is 11.9 Å². The molecule has 0 spiro atoms. The normalized spacial score (nSPS) is 10.4. The van der Waals surface area contributed by atoms with E-state index in [0.29, 0.717) is 12.5 Å². The zero-order chi connectivity index (χ0) is 12.1. The summed E-state index contributed by atoms with van der Waals surface area (Å²) in [5.74, 6) is -1.75. The first-order valence-electron chi connectivity index (χ1n) is 5.01. The molecule has 0 saturated heterocycles. The maximum absolute atomic E-state index is 11.4. The zero-order valence-corrected chi connectivity index (χ0v) is 9.23. The second kappa shape index (κ2) is 5.34. The second-order valence-electron chi connectivity index (χ2n) is 3.79. The van der Waals surface area contributed by atoms with Crippen LogP contribution >= 0.6 is 0 Å². The Labute approximate surface area is 93.0 Å². The quantitative estimate of drug-likeness (QED) is 0.778. The van der Waals surface area contributed by atoms with Crippen molar-refractivity contribution in [1.82, 2.24) is 0 Å². The van der Waals surface area contributed by atoms with Crippen LogP contribution < -0.4 is 0 Å². The van der Waals surface area contributed by atoms with Gasteiger partial charge in [0.05, 0.1) is 6.61 Å². The molecular formula is C11H14O5. The summed E-state index contributed by atoms with van der Waals surface area (Å²) in [6.45, 7) is 4.34. The predicted octanol–water partition coefficient (Wildman–Crippen LogP) is 2.18. The molecule has 0 bridgehead atoms. The van der Waals surface area contributed by atoms with Crippen molar-refractivity contribution in [3.63, 3.8) is 0 Å². The molecule has 0 fully saturated rings. The highest BCUT2D eigenvalue weighted by molar-refractivity contribution is 5.89. The highest BCUT2D eigenvalue weighted by Crippen LogP contribution is 2.10. The predicted molar refractivity (Wildman–Crippen MR) is 55.4 cm³/mol. The molecule has 0 atom stereocenters. The summed E-state index contributed by atoms with van der Waals surface area (Å²) < 4.78 is 9.70. The van der Waals surface area contributed by atoms with Crippen LogP contribution in [0.3, 0.4) is 0 Å². The minimum atomic E-state index is -1.21. The van der Waals surface area contributed by atoms with E-state index >= 15 is 0 Å². The van der Waals surface area contributed by atoms with Gasteiger partial charge in [-0.2, -0.15) is 0 Å². The van der Waals surface area contributed by atoms with Crippen molar-refractivity contribution >= 4 is 11.9 Å². The number of aromatic carboxylic acids is 1. The van der Waals surface area contributed by atoms with E-state index in [1.165, 1.54) is 12.1 Å². The van der Waals surface area contributed by atoms with Crippen LogP contribution in [0.25, 0.3) is 0 Å². The Balaban J connectivity index is 2.50. The monoisotopic (exact) mass is 226 g/mol. The third kappa shape index (κ3) is 3.42. The Morgan fingerprint density at radius 2 is 2.00 bits per heavy atom. The molecule has 0 aliphatic heterocycles. The molecule has 0 aromatic carbocycles. The van der Waals surface area contributed by atoms with Crippen molar-refractivity contribution in [1.29, 1.82) is 0 Å². The van der Waals surface area contributed by atoms with Gasteiger partial charge < -0.3 is 14.3 Å². The standard InChI is InChI=1S/C11H14O5/c1-7(2)5-6-15-11(14)9-4-3-8(16-9)10(12)13/h3-4,7H,5-6H2,1-2H3,(H,12,13). The third-order valence-electron chi connectivity index (χ3n) is 1.95. The molecule has 0 saturated carbocycles. The van der Waals surface area contributed by atoms with E-state index in [4.69, 9.17) is 14.3 Å². The van der Waals surface area contributed by atoms with Gasteiger partial charge in [0, 0.05) is 0 Å². The van der Waals surface area contributed by atoms with Gasteiger partial charge in [-0.3, -0.25) is 0 Å². The minimum Gasteiger partial charge on any atom is -0.475 e. The molecule has 16 heavy (non-hydrogen) atoms. The van der Waals surface area contributed by atoms with Crippen LogP contribution in [0.5, 0.6) is 0 Å². The van der Waals surface area contributed by atoms with Crippen LogP contribution in [0.4, 0.5) is 0 Å². The summed E-state index contributed by atoms with van der Waals surface area (Å²) in [6, 6.07) is 2.52. The summed E-state index contributed by atoms with van der Waals surface area (Å²) >= 11 is 0. The number of carboxylic acids is 1. The highest BCUT2D eigenvalue weighted by atomic mass is 16.5.